The lowest BCUT2D eigenvalue weighted by Crippen LogP contribution is -2.23. The Bertz CT molecular complexity index is 1170. The Morgan fingerprint density at radius 2 is 1.90 bits per heavy atom. The number of nitrogens with zero attached hydrogens (tertiary/aromatic N) is 2. The molecule has 1 unspecified atom stereocenters. The minimum Gasteiger partial charge on any atom is -0.493 e. The van der Waals surface area contributed by atoms with Gasteiger partial charge in [0.1, 0.15) is 11.9 Å². The summed E-state index contributed by atoms with van der Waals surface area (Å²) in [5, 5.41) is 10.1. The van der Waals surface area contributed by atoms with Crippen LogP contribution in [0.4, 0.5) is 11.5 Å². The molecule has 0 aliphatic carbocycles. The van der Waals surface area contributed by atoms with Crippen LogP contribution in [0.2, 0.25) is 0 Å². The predicted molar refractivity (Wildman–Crippen MR) is 118 cm³/mol. The van der Waals surface area contributed by atoms with Crippen molar-refractivity contribution in [2.24, 2.45) is 0 Å². The molecule has 1 aromatic heterocycles. The summed E-state index contributed by atoms with van der Waals surface area (Å²) in [5.74, 6) is 1.24. The summed E-state index contributed by atoms with van der Waals surface area (Å²) in [7, 11) is 3.14. The first-order chi connectivity index (χ1) is 14.9. The number of aromatic nitrogens is 2. The van der Waals surface area contributed by atoms with Crippen molar-refractivity contribution in [3.8, 4) is 22.6 Å². The molecule has 2 N–H and O–H groups in total. The quantitative estimate of drug-likeness (QED) is 0.634. The van der Waals surface area contributed by atoms with E-state index in [4.69, 9.17) is 9.47 Å². The Morgan fingerprint density at radius 3 is 2.65 bits per heavy atom. The second kappa shape index (κ2) is 8.14. The zero-order valence-corrected chi connectivity index (χ0v) is 17.9. The van der Waals surface area contributed by atoms with Crippen molar-refractivity contribution < 1.29 is 19.1 Å². The molecule has 2 heterocycles. The number of amides is 2. The highest BCUT2D eigenvalue weighted by molar-refractivity contribution is 6.04. The number of anilines is 2. The zero-order chi connectivity index (χ0) is 22.1. The fraction of sp³-hybridized carbons (Fsp3) is 0.261. The molecule has 31 heavy (non-hydrogen) atoms. The Hall–Kier alpha value is -3.81. The van der Waals surface area contributed by atoms with Crippen molar-refractivity contribution in [2.75, 3.05) is 24.9 Å². The molecule has 1 aliphatic rings. The SMILES string of the molecule is COc1ccc(-c2cnn3c2NC(=O)C3CC(=O)Nc2cc(C)ccc2C)cc1OC. The summed E-state index contributed by atoms with van der Waals surface area (Å²) in [6.45, 7) is 3.89. The van der Waals surface area contributed by atoms with Gasteiger partial charge in [-0.3, -0.25) is 9.59 Å². The fourth-order valence-electron chi connectivity index (χ4n) is 3.68. The summed E-state index contributed by atoms with van der Waals surface area (Å²) < 4.78 is 12.2. The Kier molecular flexibility index (Phi) is 5.37. The van der Waals surface area contributed by atoms with Crippen LogP contribution < -0.4 is 20.1 Å². The molecular formula is C23H24N4O4. The van der Waals surface area contributed by atoms with Gasteiger partial charge in [-0.1, -0.05) is 18.2 Å². The maximum Gasteiger partial charge on any atom is 0.251 e. The zero-order valence-electron chi connectivity index (χ0n) is 17.9. The highest BCUT2D eigenvalue weighted by Crippen LogP contribution is 2.39. The molecular weight excluding hydrogens is 396 g/mol. The van der Waals surface area contributed by atoms with Crippen molar-refractivity contribution in [1.82, 2.24) is 9.78 Å². The van der Waals surface area contributed by atoms with E-state index < -0.39 is 6.04 Å². The van der Waals surface area contributed by atoms with Gasteiger partial charge in [0, 0.05) is 11.3 Å². The number of carbonyl (C=O) groups excluding carboxylic acids is 2. The van der Waals surface area contributed by atoms with Gasteiger partial charge in [0.15, 0.2) is 11.5 Å². The van der Waals surface area contributed by atoms with E-state index in [-0.39, 0.29) is 18.2 Å². The highest BCUT2D eigenvalue weighted by Gasteiger charge is 2.35. The molecule has 0 saturated carbocycles. The number of benzene rings is 2. The van der Waals surface area contributed by atoms with Gasteiger partial charge in [-0.25, -0.2) is 4.68 Å². The van der Waals surface area contributed by atoms with Crippen LogP contribution in [0, 0.1) is 13.8 Å². The number of methoxy groups -OCH3 is 2. The summed E-state index contributed by atoms with van der Waals surface area (Å²) in [5.41, 5.74) is 4.32. The maximum absolute atomic E-state index is 12.7. The van der Waals surface area contributed by atoms with Gasteiger partial charge in [0.2, 0.25) is 5.91 Å². The Balaban J connectivity index is 1.56. The second-order valence-corrected chi connectivity index (χ2v) is 7.50. The lowest BCUT2D eigenvalue weighted by Gasteiger charge is -2.12. The number of fused-ring (bicyclic) bond motifs is 1. The normalized spacial score (nSPS) is 14.7. The number of hydrogen-bond acceptors (Lipinski definition) is 5. The Labute approximate surface area is 180 Å². The third-order valence-electron chi connectivity index (χ3n) is 5.38. The first kappa shape index (κ1) is 20.5. The van der Waals surface area contributed by atoms with Crippen molar-refractivity contribution in [2.45, 2.75) is 26.3 Å². The van der Waals surface area contributed by atoms with E-state index in [2.05, 4.69) is 15.7 Å². The molecule has 3 aromatic rings. The molecule has 0 fully saturated rings. The summed E-state index contributed by atoms with van der Waals surface area (Å²) in [6.07, 6.45) is 1.66. The van der Waals surface area contributed by atoms with Gasteiger partial charge in [-0.05, 0) is 48.7 Å². The highest BCUT2D eigenvalue weighted by atomic mass is 16.5. The van der Waals surface area contributed by atoms with Crippen molar-refractivity contribution >= 4 is 23.3 Å². The van der Waals surface area contributed by atoms with Crippen LogP contribution in [-0.2, 0) is 9.59 Å². The molecule has 0 saturated heterocycles. The van der Waals surface area contributed by atoms with E-state index >= 15 is 0 Å². The molecule has 8 nitrogen and oxygen atoms in total. The van der Waals surface area contributed by atoms with Gasteiger partial charge in [-0.15, -0.1) is 0 Å². The molecule has 1 atom stereocenters. The maximum atomic E-state index is 12.7. The fourth-order valence-corrected chi connectivity index (χ4v) is 3.68. The second-order valence-electron chi connectivity index (χ2n) is 7.50. The molecule has 0 radical (unpaired) electrons. The number of nitrogens with one attached hydrogen (secondary N) is 2. The van der Waals surface area contributed by atoms with Crippen LogP contribution in [0.25, 0.3) is 11.1 Å². The number of ether oxygens (including phenoxy) is 2. The van der Waals surface area contributed by atoms with Crippen LogP contribution in [-0.4, -0.2) is 35.8 Å². The average Bonchev–Trinajstić information content (AvgIpc) is 3.29. The lowest BCUT2D eigenvalue weighted by molar-refractivity contribution is -0.123. The van der Waals surface area contributed by atoms with Crippen LogP contribution in [0.3, 0.4) is 0 Å². The monoisotopic (exact) mass is 420 g/mol. The lowest BCUT2D eigenvalue weighted by atomic mass is 10.1. The number of aryl methyl sites for hydroxylation is 2. The standard InChI is InChI=1S/C23H24N4O4/c1-13-5-6-14(2)17(9-13)25-21(28)11-18-23(29)26-22-16(12-24-27(18)22)15-7-8-19(30-3)20(10-15)31-4/h5-10,12,18H,11H2,1-4H3,(H,25,28)(H,26,29). The van der Waals surface area contributed by atoms with Crippen LogP contribution in [0.15, 0.2) is 42.6 Å². The van der Waals surface area contributed by atoms with Gasteiger partial charge in [-0.2, -0.15) is 5.10 Å². The summed E-state index contributed by atoms with van der Waals surface area (Å²) >= 11 is 0. The molecule has 1 aliphatic heterocycles. The molecule has 160 valence electrons. The number of carbonyl (C=O) groups is 2. The van der Waals surface area contributed by atoms with E-state index in [1.165, 1.54) is 0 Å². The van der Waals surface area contributed by atoms with Crippen LogP contribution in [0.1, 0.15) is 23.6 Å². The molecule has 2 aromatic carbocycles. The van der Waals surface area contributed by atoms with Gasteiger partial charge < -0.3 is 20.1 Å². The summed E-state index contributed by atoms with van der Waals surface area (Å²) in [4.78, 5) is 25.3. The smallest absolute Gasteiger partial charge is 0.251 e. The van der Waals surface area contributed by atoms with E-state index in [0.29, 0.717) is 17.3 Å². The van der Waals surface area contributed by atoms with Gasteiger partial charge in [0.25, 0.3) is 5.91 Å². The van der Waals surface area contributed by atoms with Crippen molar-refractivity contribution in [3.63, 3.8) is 0 Å². The number of rotatable bonds is 6. The largest absolute Gasteiger partial charge is 0.493 e. The number of hydrogen-bond donors (Lipinski definition) is 2. The predicted octanol–water partition coefficient (Wildman–Crippen LogP) is 3.71. The van der Waals surface area contributed by atoms with Crippen molar-refractivity contribution in [1.29, 1.82) is 0 Å². The van der Waals surface area contributed by atoms with E-state index in [1.54, 1.807) is 31.2 Å². The average molecular weight is 420 g/mol. The van der Waals surface area contributed by atoms with Gasteiger partial charge in [0.05, 0.1) is 26.8 Å². The minimum absolute atomic E-state index is 0.0146. The molecule has 0 spiro atoms. The topological polar surface area (TPSA) is 94.5 Å². The molecule has 2 amide bonds. The van der Waals surface area contributed by atoms with Gasteiger partial charge >= 0.3 is 0 Å². The molecule has 0 bridgehead atoms. The Morgan fingerprint density at radius 1 is 1.13 bits per heavy atom. The van der Waals surface area contributed by atoms with Crippen LogP contribution in [0.5, 0.6) is 11.5 Å². The molecule has 4 rings (SSSR count). The third kappa shape index (κ3) is 3.84. The van der Waals surface area contributed by atoms with E-state index in [0.717, 1.165) is 27.9 Å². The third-order valence-corrected chi connectivity index (χ3v) is 5.38. The minimum atomic E-state index is -0.714. The first-order valence-corrected chi connectivity index (χ1v) is 9.89. The molecule has 8 heteroatoms. The van der Waals surface area contributed by atoms with Crippen LogP contribution >= 0.6 is 0 Å². The summed E-state index contributed by atoms with van der Waals surface area (Å²) in [6, 6.07) is 10.6. The van der Waals surface area contributed by atoms with Crippen molar-refractivity contribution in [3.05, 3.63) is 53.7 Å². The van der Waals surface area contributed by atoms with E-state index in [1.807, 2.05) is 44.2 Å². The van der Waals surface area contributed by atoms with E-state index in [9.17, 15) is 9.59 Å². The first-order valence-electron chi connectivity index (χ1n) is 9.89.